The number of anilines is 1. The fraction of sp³-hybridized carbons (Fsp3) is 0.583. The minimum atomic E-state index is -3.50. The smallest absolute Gasteiger partial charge is 0.242 e. The van der Waals surface area contributed by atoms with Crippen molar-refractivity contribution in [3.8, 4) is 0 Å². The Morgan fingerprint density at radius 3 is 2.56 bits per heavy atom. The molecule has 0 bridgehead atoms. The normalized spacial score (nSPS) is 15.3. The molecule has 0 spiro atoms. The minimum Gasteiger partial charge on any atom is -0.384 e. The highest BCUT2D eigenvalue weighted by atomic mass is 32.2. The minimum absolute atomic E-state index is 0.0949. The third kappa shape index (κ3) is 4.27. The fourth-order valence-corrected chi connectivity index (χ4v) is 2.90. The van der Waals surface area contributed by atoms with Crippen LogP contribution in [0.3, 0.4) is 0 Å². The lowest BCUT2D eigenvalue weighted by molar-refractivity contribution is 0.445. The number of rotatable bonds is 6. The molecule has 2 unspecified atom stereocenters. The summed E-state index contributed by atoms with van der Waals surface area (Å²) in [6.45, 7) is 6.07. The number of hydrogen-bond acceptors (Lipinski definition) is 4. The van der Waals surface area contributed by atoms with E-state index in [1.807, 2.05) is 6.92 Å². The Kier molecular flexibility index (Phi) is 5.10. The number of sulfonamides is 1. The summed E-state index contributed by atoms with van der Waals surface area (Å²) in [5.41, 5.74) is 5.43. The van der Waals surface area contributed by atoms with Crippen molar-refractivity contribution in [2.24, 2.45) is 5.92 Å². The Balaban J connectivity index is 2.73. The summed E-state index contributed by atoms with van der Waals surface area (Å²) in [5.74, 6) is 0.800. The van der Waals surface area contributed by atoms with Crippen molar-refractivity contribution >= 4 is 15.8 Å². The van der Waals surface area contributed by atoms with Crippen molar-refractivity contribution in [2.75, 3.05) is 5.73 Å². The van der Waals surface area contributed by atoms with Gasteiger partial charge in [-0.15, -0.1) is 0 Å². The lowest BCUT2D eigenvalue weighted by Crippen LogP contribution is -2.33. The predicted octanol–water partition coefficient (Wildman–Crippen LogP) is 1.77. The molecule has 1 aromatic heterocycles. The second-order valence-electron chi connectivity index (χ2n) is 4.69. The average Bonchev–Trinajstić information content (AvgIpc) is 2.28. The van der Waals surface area contributed by atoms with Crippen molar-refractivity contribution in [3.63, 3.8) is 0 Å². The highest BCUT2D eigenvalue weighted by molar-refractivity contribution is 7.89. The lowest BCUT2D eigenvalue weighted by atomic mass is 10.0. The number of nitrogen functional groups attached to an aromatic ring is 1. The molecule has 0 aliphatic rings. The third-order valence-corrected chi connectivity index (χ3v) is 4.45. The summed E-state index contributed by atoms with van der Waals surface area (Å²) in [5, 5.41) is 0. The average molecular weight is 271 g/mol. The maximum Gasteiger partial charge on any atom is 0.242 e. The number of pyridine rings is 1. The molecule has 18 heavy (non-hydrogen) atoms. The molecule has 1 aromatic rings. The molecule has 102 valence electrons. The first-order chi connectivity index (χ1) is 8.35. The topological polar surface area (TPSA) is 85.1 Å². The second-order valence-corrected chi connectivity index (χ2v) is 6.40. The summed E-state index contributed by atoms with van der Waals surface area (Å²) >= 11 is 0. The van der Waals surface area contributed by atoms with Crippen molar-refractivity contribution in [2.45, 2.75) is 44.6 Å². The monoisotopic (exact) mass is 271 g/mol. The van der Waals surface area contributed by atoms with Crippen molar-refractivity contribution in [1.82, 2.24) is 9.71 Å². The van der Waals surface area contributed by atoms with Gasteiger partial charge in [-0.05, 0) is 31.4 Å². The van der Waals surface area contributed by atoms with Gasteiger partial charge in [-0.1, -0.05) is 20.3 Å². The van der Waals surface area contributed by atoms with Gasteiger partial charge in [0.1, 0.15) is 10.7 Å². The summed E-state index contributed by atoms with van der Waals surface area (Å²) in [7, 11) is -3.50. The van der Waals surface area contributed by atoms with E-state index < -0.39 is 10.0 Å². The van der Waals surface area contributed by atoms with Crippen molar-refractivity contribution in [1.29, 1.82) is 0 Å². The van der Waals surface area contributed by atoms with Crippen LogP contribution in [-0.2, 0) is 10.0 Å². The SMILES string of the molecule is CCC(C)CC(C)NS(=O)(=O)c1ccc(N)nc1. The van der Waals surface area contributed by atoms with Crippen LogP contribution in [0.1, 0.15) is 33.6 Å². The van der Waals surface area contributed by atoms with E-state index in [0.717, 1.165) is 12.8 Å². The van der Waals surface area contributed by atoms with Crippen LogP contribution in [0.5, 0.6) is 0 Å². The van der Waals surface area contributed by atoms with E-state index in [1.165, 1.54) is 18.3 Å². The van der Waals surface area contributed by atoms with Gasteiger partial charge < -0.3 is 5.73 Å². The maximum absolute atomic E-state index is 12.0. The molecule has 0 fully saturated rings. The molecule has 0 aromatic carbocycles. The molecule has 1 heterocycles. The van der Waals surface area contributed by atoms with Crippen molar-refractivity contribution in [3.05, 3.63) is 18.3 Å². The Bertz CT molecular complexity index is 471. The van der Waals surface area contributed by atoms with Crippen LogP contribution in [0, 0.1) is 5.92 Å². The van der Waals surface area contributed by atoms with E-state index in [2.05, 4.69) is 23.6 Å². The molecule has 0 radical (unpaired) electrons. The highest BCUT2D eigenvalue weighted by Crippen LogP contribution is 2.13. The first-order valence-electron chi connectivity index (χ1n) is 6.09. The maximum atomic E-state index is 12.0. The van der Waals surface area contributed by atoms with E-state index >= 15 is 0 Å². The number of nitrogens with zero attached hydrogens (tertiary/aromatic N) is 1. The number of nitrogens with one attached hydrogen (secondary N) is 1. The molecule has 0 amide bonds. The van der Waals surface area contributed by atoms with Crippen molar-refractivity contribution < 1.29 is 8.42 Å². The Labute approximate surface area is 109 Å². The summed E-state index contributed by atoms with van der Waals surface area (Å²) in [6, 6.07) is 2.84. The number of nitrogens with two attached hydrogens (primary N) is 1. The molecule has 0 aliphatic carbocycles. The zero-order valence-corrected chi connectivity index (χ0v) is 11.9. The van der Waals surface area contributed by atoms with Gasteiger partial charge in [0.25, 0.3) is 0 Å². The molecule has 0 aliphatic heterocycles. The Morgan fingerprint density at radius 1 is 1.39 bits per heavy atom. The molecule has 5 nitrogen and oxygen atoms in total. The fourth-order valence-electron chi connectivity index (χ4n) is 1.70. The van der Waals surface area contributed by atoms with Crippen LogP contribution >= 0.6 is 0 Å². The van der Waals surface area contributed by atoms with Crippen LogP contribution in [0.4, 0.5) is 5.82 Å². The van der Waals surface area contributed by atoms with Gasteiger partial charge in [0.05, 0.1) is 0 Å². The predicted molar refractivity (Wildman–Crippen MR) is 72.5 cm³/mol. The zero-order chi connectivity index (χ0) is 13.8. The third-order valence-electron chi connectivity index (χ3n) is 2.88. The van der Waals surface area contributed by atoms with E-state index in [1.54, 1.807) is 0 Å². The summed E-state index contributed by atoms with van der Waals surface area (Å²) in [6.07, 6.45) is 3.13. The Hall–Kier alpha value is -1.14. The lowest BCUT2D eigenvalue weighted by Gasteiger charge is -2.17. The summed E-state index contributed by atoms with van der Waals surface area (Å²) in [4.78, 5) is 3.93. The first kappa shape index (κ1) is 14.9. The first-order valence-corrected chi connectivity index (χ1v) is 7.57. The number of hydrogen-bond donors (Lipinski definition) is 2. The number of aromatic nitrogens is 1. The quantitative estimate of drug-likeness (QED) is 0.825. The molecule has 2 atom stereocenters. The van der Waals surface area contributed by atoms with Crippen LogP contribution < -0.4 is 10.5 Å². The van der Waals surface area contributed by atoms with E-state index in [0.29, 0.717) is 11.7 Å². The molecule has 0 saturated carbocycles. The largest absolute Gasteiger partial charge is 0.384 e. The van der Waals surface area contributed by atoms with E-state index in [-0.39, 0.29) is 10.9 Å². The zero-order valence-electron chi connectivity index (χ0n) is 11.1. The van der Waals surface area contributed by atoms with Crippen LogP contribution in [-0.4, -0.2) is 19.4 Å². The Morgan fingerprint density at radius 2 is 2.06 bits per heavy atom. The van der Waals surface area contributed by atoms with Crippen LogP contribution in [0.2, 0.25) is 0 Å². The standard InChI is InChI=1S/C12H21N3O2S/c1-4-9(2)7-10(3)15-18(16,17)11-5-6-12(13)14-8-11/h5-6,8-10,15H,4,7H2,1-3H3,(H2,13,14). The van der Waals surface area contributed by atoms with Gasteiger partial charge in [0, 0.05) is 12.2 Å². The van der Waals surface area contributed by atoms with Gasteiger partial charge in [-0.2, -0.15) is 0 Å². The summed E-state index contributed by atoms with van der Waals surface area (Å²) < 4.78 is 26.7. The molecule has 1 rings (SSSR count). The molecule has 6 heteroatoms. The van der Waals surface area contributed by atoms with E-state index in [9.17, 15) is 8.42 Å². The van der Waals surface area contributed by atoms with Gasteiger partial charge >= 0.3 is 0 Å². The second kappa shape index (κ2) is 6.15. The van der Waals surface area contributed by atoms with Crippen LogP contribution in [0.25, 0.3) is 0 Å². The van der Waals surface area contributed by atoms with Crippen LogP contribution in [0.15, 0.2) is 23.2 Å². The molecular formula is C12H21N3O2S. The molecule has 0 saturated heterocycles. The molecule has 3 N–H and O–H groups in total. The highest BCUT2D eigenvalue weighted by Gasteiger charge is 2.18. The van der Waals surface area contributed by atoms with Gasteiger partial charge in [0.2, 0.25) is 10.0 Å². The van der Waals surface area contributed by atoms with Gasteiger partial charge in [-0.3, -0.25) is 0 Å². The van der Waals surface area contributed by atoms with Gasteiger partial charge in [-0.25, -0.2) is 18.1 Å². The molecular weight excluding hydrogens is 250 g/mol. The van der Waals surface area contributed by atoms with Gasteiger partial charge in [0.15, 0.2) is 0 Å². The van der Waals surface area contributed by atoms with E-state index in [4.69, 9.17) is 5.73 Å².